The van der Waals surface area contributed by atoms with E-state index in [9.17, 15) is 0 Å². The molecule has 0 amide bonds. The third-order valence-electron chi connectivity index (χ3n) is 2.97. The number of hydrogen-bond donors (Lipinski definition) is 1. The lowest BCUT2D eigenvalue weighted by Gasteiger charge is -2.28. The van der Waals surface area contributed by atoms with Gasteiger partial charge in [-0.05, 0) is 12.8 Å². The maximum atomic E-state index is 5.86. The Bertz CT molecular complexity index is 328. The molecule has 0 aromatic carbocycles. The van der Waals surface area contributed by atoms with Crippen molar-refractivity contribution >= 4 is 0 Å². The Labute approximate surface area is 96.0 Å². The minimum absolute atomic E-state index is 0.302. The maximum absolute atomic E-state index is 5.86. The molecule has 0 unspecified atom stereocenters. The van der Waals surface area contributed by atoms with Crippen molar-refractivity contribution in [2.45, 2.75) is 45.2 Å². The van der Waals surface area contributed by atoms with Crippen molar-refractivity contribution in [3.63, 3.8) is 0 Å². The standard InChI is InChI=1S/C11H20N4O/c1-8(2)11-13-10(14-16-11)7-15-5-3-9(12)4-6-15/h8-9H,3-7,12H2,1-2H3. The summed E-state index contributed by atoms with van der Waals surface area (Å²) in [5.41, 5.74) is 5.86. The average Bonchev–Trinajstić information content (AvgIpc) is 2.70. The summed E-state index contributed by atoms with van der Waals surface area (Å²) in [5.74, 6) is 1.82. The fourth-order valence-corrected chi connectivity index (χ4v) is 1.88. The third-order valence-corrected chi connectivity index (χ3v) is 2.97. The quantitative estimate of drug-likeness (QED) is 0.833. The first kappa shape index (κ1) is 11.5. The first-order chi connectivity index (χ1) is 7.65. The van der Waals surface area contributed by atoms with E-state index in [1.54, 1.807) is 0 Å². The summed E-state index contributed by atoms with van der Waals surface area (Å²) in [5, 5.41) is 3.99. The Hall–Kier alpha value is -0.940. The second-order valence-electron chi connectivity index (χ2n) is 4.82. The number of piperidine rings is 1. The Kier molecular flexibility index (Phi) is 3.56. The zero-order chi connectivity index (χ0) is 11.5. The van der Waals surface area contributed by atoms with Crippen LogP contribution in [0.4, 0.5) is 0 Å². The van der Waals surface area contributed by atoms with Crippen molar-refractivity contribution in [2.75, 3.05) is 13.1 Å². The van der Waals surface area contributed by atoms with Gasteiger partial charge in [0, 0.05) is 25.0 Å². The predicted octanol–water partition coefficient (Wildman–Crippen LogP) is 1.12. The van der Waals surface area contributed by atoms with E-state index in [1.165, 1.54) is 0 Å². The summed E-state index contributed by atoms with van der Waals surface area (Å²) >= 11 is 0. The molecule has 1 saturated heterocycles. The van der Waals surface area contributed by atoms with E-state index in [0.717, 1.165) is 44.2 Å². The molecule has 1 fully saturated rings. The van der Waals surface area contributed by atoms with Gasteiger partial charge >= 0.3 is 0 Å². The molecule has 2 N–H and O–H groups in total. The van der Waals surface area contributed by atoms with Crippen LogP contribution in [0.15, 0.2) is 4.52 Å². The van der Waals surface area contributed by atoms with Crippen molar-refractivity contribution in [1.29, 1.82) is 0 Å². The molecule has 2 rings (SSSR count). The summed E-state index contributed by atoms with van der Waals surface area (Å²) in [6, 6.07) is 0.368. The number of nitrogens with two attached hydrogens (primary N) is 1. The number of nitrogens with zero attached hydrogens (tertiary/aromatic N) is 3. The van der Waals surface area contributed by atoms with Crippen molar-refractivity contribution in [2.24, 2.45) is 5.73 Å². The summed E-state index contributed by atoms with van der Waals surface area (Å²) in [4.78, 5) is 6.70. The van der Waals surface area contributed by atoms with Crippen molar-refractivity contribution in [3.05, 3.63) is 11.7 Å². The molecule has 1 aliphatic rings. The Balaban J connectivity index is 1.88. The molecular weight excluding hydrogens is 204 g/mol. The second kappa shape index (κ2) is 4.93. The molecule has 0 atom stereocenters. The molecule has 2 heterocycles. The zero-order valence-corrected chi connectivity index (χ0v) is 10.0. The average molecular weight is 224 g/mol. The van der Waals surface area contributed by atoms with Crippen LogP contribution in [0.5, 0.6) is 0 Å². The smallest absolute Gasteiger partial charge is 0.229 e. The van der Waals surface area contributed by atoms with Crippen molar-refractivity contribution < 1.29 is 4.52 Å². The van der Waals surface area contributed by atoms with Crippen LogP contribution in [-0.2, 0) is 6.54 Å². The molecule has 1 aliphatic heterocycles. The molecule has 0 radical (unpaired) electrons. The molecule has 0 saturated carbocycles. The van der Waals surface area contributed by atoms with Gasteiger partial charge in [-0.3, -0.25) is 4.90 Å². The van der Waals surface area contributed by atoms with Crippen molar-refractivity contribution in [1.82, 2.24) is 15.0 Å². The SMILES string of the molecule is CC(C)c1nc(CN2CCC(N)CC2)no1. The van der Waals surface area contributed by atoms with Crippen LogP contribution in [0, 0.1) is 0 Å². The van der Waals surface area contributed by atoms with Gasteiger partial charge in [-0.15, -0.1) is 0 Å². The van der Waals surface area contributed by atoms with Gasteiger partial charge in [-0.1, -0.05) is 19.0 Å². The monoisotopic (exact) mass is 224 g/mol. The normalized spacial score (nSPS) is 19.5. The van der Waals surface area contributed by atoms with E-state index in [0.29, 0.717) is 12.0 Å². The van der Waals surface area contributed by atoms with Crippen LogP contribution in [0.25, 0.3) is 0 Å². The van der Waals surface area contributed by atoms with E-state index in [2.05, 4.69) is 28.9 Å². The van der Waals surface area contributed by atoms with E-state index >= 15 is 0 Å². The summed E-state index contributed by atoms with van der Waals surface area (Å²) in [6.45, 7) is 6.96. The topological polar surface area (TPSA) is 68.2 Å². The lowest BCUT2D eigenvalue weighted by Crippen LogP contribution is -2.39. The summed E-state index contributed by atoms with van der Waals surface area (Å²) in [7, 11) is 0. The zero-order valence-electron chi connectivity index (χ0n) is 10.0. The van der Waals surface area contributed by atoms with Gasteiger partial charge in [0.25, 0.3) is 0 Å². The molecule has 0 spiro atoms. The highest BCUT2D eigenvalue weighted by atomic mass is 16.5. The number of hydrogen-bond acceptors (Lipinski definition) is 5. The van der Waals surface area contributed by atoms with E-state index < -0.39 is 0 Å². The third kappa shape index (κ3) is 2.80. The first-order valence-electron chi connectivity index (χ1n) is 5.95. The predicted molar refractivity (Wildman–Crippen MR) is 60.9 cm³/mol. The molecule has 90 valence electrons. The fourth-order valence-electron chi connectivity index (χ4n) is 1.88. The van der Waals surface area contributed by atoms with Crippen LogP contribution in [0.2, 0.25) is 0 Å². The molecular formula is C11H20N4O. The number of aromatic nitrogens is 2. The molecule has 5 nitrogen and oxygen atoms in total. The molecule has 1 aromatic rings. The van der Waals surface area contributed by atoms with Gasteiger partial charge in [-0.2, -0.15) is 4.98 Å². The van der Waals surface area contributed by atoms with Gasteiger partial charge in [0.1, 0.15) is 0 Å². The van der Waals surface area contributed by atoms with Crippen LogP contribution >= 0.6 is 0 Å². The lowest BCUT2D eigenvalue weighted by molar-refractivity contribution is 0.199. The number of likely N-dealkylation sites (tertiary alicyclic amines) is 1. The van der Waals surface area contributed by atoms with Crippen LogP contribution in [0.1, 0.15) is 44.3 Å². The van der Waals surface area contributed by atoms with Crippen LogP contribution < -0.4 is 5.73 Å². The van der Waals surface area contributed by atoms with Crippen LogP contribution in [0.3, 0.4) is 0 Å². The minimum atomic E-state index is 0.302. The van der Waals surface area contributed by atoms with Crippen molar-refractivity contribution in [3.8, 4) is 0 Å². The van der Waals surface area contributed by atoms with Gasteiger partial charge < -0.3 is 10.3 Å². The van der Waals surface area contributed by atoms with E-state index in [-0.39, 0.29) is 0 Å². The van der Waals surface area contributed by atoms with Crippen LogP contribution in [-0.4, -0.2) is 34.2 Å². The highest BCUT2D eigenvalue weighted by Crippen LogP contribution is 2.14. The maximum Gasteiger partial charge on any atom is 0.229 e. The lowest BCUT2D eigenvalue weighted by atomic mass is 10.1. The first-order valence-corrected chi connectivity index (χ1v) is 5.95. The largest absolute Gasteiger partial charge is 0.339 e. The fraction of sp³-hybridized carbons (Fsp3) is 0.818. The Morgan fingerprint density at radius 3 is 2.69 bits per heavy atom. The van der Waals surface area contributed by atoms with Gasteiger partial charge in [0.2, 0.25) is 5.89 Å². The molecule has 5 heteroatoms. The number of rotatable bonds is 3. The van der Waals surface area contributed by atoms with Gasteiger partial charge in [0.05, 0.1) is 6.54 Å². The minimum Gasteiger partial charge on any atom is -0.339 e. The summed E-state index contributed by atoms with van der Waals surface area (Å²) < 4.78 is 5.18. The highest BCUT2D eigenvalue weighted by molar-refractivity contribution is 4.91. The van der Waals surface area contributed by atoms with E-state index in [4.69, 9.17) is 10.3 Å². The Morgan fingerprint density at radius 2 is 2.12 bits per heavy atom. The second-order valence-corrected chi connectivity index (χ2v) is 4.82. The van der Waals surface area contributed by atoms with Gasteiger partial charge in [-0.25, -0.2) is 0 Å². The van der Waals surface area contributed by atoms with Gasteiger partial charge in [0.15, 0.2) is 5.82 Å². The van der Waals surface area contributed by atoms with E-state index in [1.807, 2.05) is 0 Å². The molecule has 16 heavy (non-hydrogen) atoms. The highest BCUT2D eigenvalue weighted by Gasteiger charge is 2.18. The summed E-state index contributed by atoms with van der Waals surface area (Å²) in [6.07, 6.45) is 2.13. The Morgan fingerprint density at radius 1 is 1.44 bits per heavy atom. The molecule has 1 aromatic heterocycles. The molecule has 0 aliphatic carbocycles. The molecule has 0 bridgehead atoms.